The number of rotatable bonds is 7. The van der Waals surface area contributed by atoms with E-state index in [-0.39, 0.29) is 6.54 Å². The number of epoxide rings is 1. The molecular formula is C13H25NO4. The summed E-state index contributed by atoms with van der Waals surface area (Å²) in [7, 11) is 0. The summed E-state index contributed by atoms with van der Waals surface area (Å²) in [5, 5.41) is 12.2. The van der Waals surface area contributed by atoms with Gasteiger partial charge in [0.05, 0.1) is 18.8 Å². The molecule has 1 heterocycles. The van der Waals surface area contributed by atoms with Crippen LogP contribution in [0.15, 0.2) is 0 Å². The average molecular weight is 259 g/mol. The molecule has 1 aliphatic rings. The molecule has 0 radical (unpaired) electrons. The molecule has 0 saturated carbocycles. The Morgan fingerprint density at radius 3 is 2.72 bits per heavy atom. The molecule has 0 aromatic heterocycles. The summed E-state index contributed by atoms with van der Waals surface area (Å²) in [6, 6.07) is 0. The van der Waals surface area contributed by atoms with Gasteiger partial charge in [-0.1, -0.05) is 12.8 Å². The molecule has 1 unspecified atom stereocenters. The van der Waals surface area contributed by atoms with Crippen molar-refractivity contribution in [3.63, 3.8) is 0 Å². The van der Waals surface area contributed by atoms with Gasteiger partial charge in [0.25, 0.3) is 0 Å². The van der Waals surface area contributed by atoms with Crippen LogP contribution >= 0.6 is 0 Å². The van der Waals surface area contributed by atoms with Gasteiger partial charge in [0.15, 0.2) is 0 Å². The number of ether oxygens (including phenoxy) is 2. The molecule has 18 heavy (non-hydrogen) atoms. The summed E-state index contributed by atoms with van der Waals surface area (Å²) in [4.78, 5) is 11.3. The Hall–Kier alpha value is -0.810. The fraction of sp³-hybridized carbons (Fsp3) is 0.923. The third-order valence-corrected chi connectivity index (χ3v) is 2.60. The first kappa shape index (κ1) is 15.2. The van der Waals surface area contributed by atoms with Crippen molar-refractivity contribution in [3.05, 3.63) is 0 Å². The molecule has 5 nitrogen and oxygen atoms in total. The summed E-state index contributed by atoms with van der Waals surface area (Å²) in [6.45, 7) is 6.56. The van der Waals surface area contributed by atoms with Crippen molar-refractivity contribution in [1.82, 2.24) is 5.32 Å². The Morgan fingerprint density at radius 2 is 2.17 bits per heavy atom. The van der Waals surface area contributed by atoms with Crippen LogP contribution in [0.2, 0.25) is 0 Å². The number of aliphatic hydroxyl groups is 1. The standard InChI is InChI=1S/C13H25NO4/c1-13(2,3)18-12(16)14-8-10(15)6-4-5-7-11-9-17-11/h10-11,15H,4-9H2,1-3H3,(H,14,16)/t10?,11-/m0/s1. The van der Waals surface area contributed by atoms with E-state index < -0.39 is 17.8 Å². The number of carbonyl (C=O) groups excluding carboxylic acids is 1. The van der Waals surface area contributed by atoms with Gasteiger partial charge >= 0.3 is 6.09 Å². The molecule has 1 fully saturated rings. The lowest BCUT2D eigenvalue weighted by Gasteiger charge is -2.20. The lowest BCUT2D eigenvalue weighted by molar-refractivity contribution is 0.0487. The third kappa shape index (κ3) is 8.31. The number of nitrogens with one attached hydrogen (secondary N) is 1. The number of hydrogen-bond acceptors (Lipinski definition) is 4. The van der Waals surface area contributed by atoms with Crippen LogP contribution in [-0.2, 0) is 9.47 Å². The number of unbranched alkanes of at least 4 members (excludes halogenated alkanes) is 1. The molecule has 1 rings (SSSR count). The van der Waals surface area contributed by atoms with E-state index in [1.165, 1.54) is 0 Å². The lowest BCUT2D eigenvalue weighted by atomic mass is 10.1. The molecule has 0 aromatic carbocycles. The molecule has 5 heteroatoms. The summed E-state index contributed by atoms with van der Waals surface area (Å²) in [5.41, 5.74) is -0.501. The zero-order chi connectivity index (χ0) is 13.6. The van der Waals surface area contributed by atoms with Crippen molar-refractivity contribution in [1.29, 1.82) is 0 Å². The zero-order valence-corrected chi connectivity index (χ0v) is 11.6. The first-order chi connectivity index (χ1) is 8.37. The van der Waals surface area contributed by atoms with Crippen LogP contribution in [0.1, 0.15) is 46.5 Å². The summed E-state index contributed by atoms with van der Waals surface area (Å²) in [6.07, 6.45) is 3.27. The minimum Gasteiger partial charge on any atom is -0.444 e. The first-order valence-electron chi connectivity index (χ1n) is 6.63. The molecule has 0 bridgehead atoms. The van der Waals surface area contributed by atoms with E-state index in [9.17, 15) is 9.90 Å². The quantitative estimate of drug-likeness (QED) is 0.540. The largest absolute Gasteiger partial charge is 0.444 e. The van der Waals surface area contributed by atoms with E-state index in [4.69, 9.17) is 9.47 Å². The molecule has 2 atom stereocenters. The maximum absolute atomic E-state index is 11.3. The fourth-order valence-corrected chi connectivity index (χ4v) is 1.60. The van der Waals surface area contributed by atoms with Crippen molar-refractivity contribution in [2.24, 2.45) is 0 Å². The van der Waals surface area contributed by atoms with Gasteiger partial charge in [-0.05, 0) is 33.6 Å². The maximum atomic E-state index is 11.3. The van der Waals surface area contributed by atoms with E-state index in [1.54, 1.807) is 0 Å². The van der Waals surface area contributed by atoms with Gasteiger partial charge in [-0.15, -0.1) is 0 Å². The van der Waals surface area contributed by atoms with Crippen LogP contribution in [0, 0.1) is 0 Å². The fourth-order valence-electron chi connectivity index (χ4n) is 1.60. The van der Waals surface area contributed by atoms with Gasteiger partial charge in [0, 0.05) is 6.54 Å². The molecule has 0 aromatic rings. The van der Waals surface area contributed by atoms with Gasteiger partial charge in [-0.3, -0.25) is 0 Å². The van der Waals surface area contributed by atoms with Crippen LogP contribution < -0.4 is 5.32 Å². The van der Waals surface area contributed by atoms with Crippen LogP contribution in [0.25, 0.3) is 0 Å². The first-order valence-corrected chi connectivity index (χ1v) is 6.63. The lowest BCUT2D eigenvalue weighted by Crippen LogP contribution is -2.36. The minimum atomic E-state index is -0.502. The second-order valence-corrected chi connectivity index (χ2v) is 5.78. The molecule has 1 saturated heterocycles. The van der Waals surface area contributed by atoms with E-state index >= 15 is 0 Å². The Balaban J connectivity index is 1.97. The molecule has 0 aliphatic carbocycles. The van der Waals surface area contributed by atoms with Crippen LogP contribution in [0.4, 0.5) is 4.79 Å². The Morgan fingerprint density at radius 1 is 1.50 bits per heavy atom. The Kier molecular flexibility index (Phi) is 5.88. The van der Waals surface area contributed by atoms with Crippen LogP contribution in [0.5, 0.6) is 0 Å². The number of amides is 1. The molecule has 1 aliphatic heterocycles. The Labute approximate surface area is 109 Å². The predicted molar refractivity (Wildman–Crippen MR) is 68.5 cm³/mol. The highest BCUT2D eigenvalue weighted by atomic mass is 16.6. The average Bonchev–Trinajstić information content (AvgIpc) is 3.03. The van der Waals surface area contributed by atoms with Crippen molar-refractivity contribution >= 4 is 6.09 Å². The number of hydrogen-bond donors (Lipinski definition) is 2. The predicted octanol–water partition coefficient (Wildman–Crippen LogP) is 1.83. The van der Waals surface area contributed by atoms with Gasteiger partial charge in [0.2, 0.25) is 0 Å². The highest BCUT2D eigenvalue weighted by molar-refractivity contribution is 5.67. The van der Waals surface area contributed by atoms with E-state index in [0.29, 0.717) is 12.5 Å². The van der Waals surface area contributed by atoms with E-state index in [0.717, 1.165) is 25.9 Å². The van der Waals surface area contributed by atoms with Crippen molar-refractivity contribution in [2.45, 2.75) is 64.3 Å². The molecule has 0 spiro atoms. The van der Waals surface area contributed by atoms with Crippen molar-refractivity contribution in [2.75, 3.05) is 13.2 Å². The van der Waals surface area contributed by atoms with Crippen LogP contribution in [0.3, 0.4) is 0 Å². The number of alkyl carbamates (subject to hydrolysis) is 1. The Bertz CT molecular complexity index is 258. The maximum Gasteiger partial charge on any atom is 0.407 e. The summed E-state index contributed by atoms with van der Waals surface area (Å²) < 4.78 is 10.2. The van der Waals surface area contributed by atoms with Gasteiger partial charge in [-0.2, -0.15) is 0 Å². The minimum absolute atomic E-state index is 0.245. The van der Waals surface area contributed by atoms with Crippen molar-refractivity contribution in [3.8, 4) is 0 Å². The topological polar surface area (TPSA) is 71.1 Å². The highest BCUT2D eigenvalue weighted by Crippen LogP contribution is 2.17. The molecular weight excluding hydrogens is 234 g/mol. The van der Waals surface area contributed by atoms with Gasteiger partial charge in [0.1, 0.15) is 5.60 Å². The molecule has 2 N–H and O–H groups in total. The van der Waals surface area contributed by atoms with Gasteiger partial charge < -0.3 is 19.9 Å². The van der Waals surface area contributed by atoms with E-state index in [1.807, 2.05) is 20.8 Å². The highest BCUT2D eigenvalue weighted by Gasteiger charge is 2.21. The second-order valence-electron chi connectivity index (χ2n) is 5.78. The molecule has 106 valence electrons. The third-order valence-electron chi connectivity index (χ3n) is 2.60. The number of aliphatic hydroxyl groups excluding tert-OH is 1. The second kappa shape index (κ2) is 6.95. The zero-order valence-electron chi connectivity index (χ0n) is 11.6. The monoisotopic (exact) mass is 259 g/mol. The SMILES string of the molecule is CC(C)(C)OC(=O)NCC(O)CCCC[C@H]1CO1. The smallest absolute Gasteiger partial charge is 0.407 e. The van der Waals surface area contributed by atoms with Crippen molar-refractivity contribution < 1.29 is 19.4 Å². The van der Waals surface area contributed by atoms with E-state index in [2.05, 4.69) is 5.32 Å². The summed E-state index contributed by atoms with van der Waals surface area (Å²) in [5.74, 6) is 0. The molecule has 1 amide bonds. The van der Waals surface area contributed by atoms with Gasteiger partial charge in [-0.25, -0.2) is 4.79 Å². The van der Waals surface area contributed by atoms with Crippen LogP contribution in [-0.4, -0.2) is 42.2 Å². The number of carbonyl (C=O) groups is 1. The normalized spacial score (nSPS) is 20.3. The summed E-state index contributed by atoms with van der Waals surface area (Å²) >= 11 is 0.